The topological polar surface area (TPSA) is 62.5 Å². The van der Waals surface area contributed by atoms with E-state index in [1.807, 2.05) is 24.3 Å². The number of carbonyl (C=O) groups excluding carboxylic acids is 1. The summed E-state index contributed by atoms with van der Waals surface area (Å²) < 4.78 is 47.0. The molecule has 0 aliphatic carbocycles. The van der Waals surface area contributed by atoms with E-state index < -0.39 is 23.4 Å². The van der Waals surface area contributed by atoms with Gasteiger partial charge < -0.3 is 9.32 Å². The molecule has 2 aliphatic rings. The number of fused-ring (bicyclic) bond motifs is 1. The van der Waals surface area contributed by atoms with Crippen molar-refractivity contribution < 1.29 is 22.4 Å². The van der Waals surface area contributed by atoms with Crippen molar-refractivity contribution in [3.8, 4) is 0 Å². The second kappa shape index (κ2) is 10.2. The number of halogens is 3. The number of pyridine rings is 1. The van der Waals surface area contributed by atoms with Gasteiger partial charge in [0.05, 0.1) is 0 Å². The molecule has 0 amide bonds. The predicted octanol–water partition coefficient (Wildman–Crippen LogP) is 6.59. The van der Waals surface area contributed by atoms with Crippen LogP contribution in [0.2, 0.25) is 0 Å². The Morgan fingerprint density at radius 3 is 2.41 bits per heavy atom. The molecular weight excluding hydrogens is 505 g/mol. The van der Waals surface area contributed by atoms with Crippen molar-refractivity contribution in [3.63, 3.8) is 0 Å². The highest BCUT2D eigenvalue weighted by atomic mass is 19.4. The predicted molar refractivity (Wildman–Crippen MR) is 142 cm³/mol. The van der Waals surface area contributed by atoms with E-state index in [0.29, 0.717) is 24.4 Å². The molecule has 2 aliphatic heterocycles. The number of para-hydroxylation sites is 1. The SMILES string of the molecule is O=C(Cc1ccc(N2CCC(c3ccccc3)CC2)nc1)c1oc(N2CCc3ccccc32)nc1C(F)(F)F. The summed E-state index contributed by atoms with van der Waals surface area (Å²) in [7, 11) is 0. The van der Waals surface area contributed by atoms with Gasteiger partial charge in [-0.3, -0.25) is 9.69 Å². The van der Waals surface area contributed by atoms with Gasteiger partial charge in [0.25, 0.3) is 0 Å². The monoisotopic (exact) mass is 532 g/mol. The summed E-state index contributed by atoms with van der Waals surface area (Å²) in [5.41, 5.74) is 2.30. The van der Waals surface area contributed by atoms with Gasteiger partial charge in [0, 0.05) is 37.9 Å². The molecule has 200 valence electrons. The van der Waals surface area contributed by atoms with E-state index in [9.17, 15) is 18.0 Å². The lowest BCUT2D eigenvalue weighted by atomic mass is 9.89. The molecule has 2 aromatic heterocycles. The first kappa shape index (κ1) is 25.2. The Kier molecular flexibility index (Phi) is 6.58. The molecule has 6 nitrogen and oxygen atoms in total. The maximum absolute atomic E-state index is 13.8. The lowest BCUT2D eigenvalue weighted by molar-refractivity contribution is -0.141. The molecule has 6 rings (SSSR count). The molecule has 2 aromatic carbocycles. The molecule has 9 heteroatoms. The van der Waals surface area contributed by atoms with E-state index >= 15 is 0 Å². The fourth-order valence-corrected chi connectivity index (χ4v) is 5.48. The number of nitrogens with zero attached hydrogens (tertiary/aromatic N) is 4. The number of oxazole rings is 1. The van der Waals surface area contributed by atoms with E-state index in [-0.39, 0.29) is 12.4 Å². The Labute approximate surface area is 224 Å². The van der Waals surface area contributed by atoms with Crippen molar-refractivity contribution in [2.75, 3.05) is 29.4 Å². The van der Waals surface area contributed by atoms with E-state index in [2.05, 4.69) is 39.1 Å². The third kappa shape index (κ3) is 5.13. The molecule has 0 saturated carbocycles. The molecular formula is C30H27F3N4O2. The molecule has 4 aromatic rings. The van der Waals surface area contributed by atoms with E-state index in [1.54, 1.807) is 29.3 Å². The minimum Gasteiger partial charge on any atom is -0.419 e. The molecule has 1 saturated heterocycles. The average molecular weight is 533 g/mol. The van der Waals surface area contributed by atoms with Gasteiger partial charge in [-0.2, -0.15) is 18.2 Å². The first-order valence-corrected chi connectivity index (χ1v) is 13.1. The number of hydrogen-bond acceptors (Lipinski definition) is 6. The molecule has 0 atom stereocenters. The molecule has 0 radical (unpaired) electrons. The fourth-order valence-electron chi connectivity index (χ4n) is 5.48. The fraction of sp³-hybridized carbons (Fsp3) is 0.300. The van der Waals surface area contributed by atoms with Crippen LogP contribution in [-0.4, -0.2) is 35.4 Å². The summed E-state index contributed by atoms with van der Waals surface area (Å²) in [6.07, 6.45) is -0.844. The highest BCUT2D eigenvalue weighted by molar-refractivity contribution is 5.96. The van der Waals surface area contributed by atoms with Crippen LogP contribution in [-0.2, 0) is 19.0 Å². The van der Waals surface area contributed by atoms with Crippen LogP contribution in [0.15, 0.2) is 77.3 Å². The van der Waals surface area contributed by atoms with Crippen LogP contribution >= 0.6 is 0 Å². The van der Waals surface area contributed by atoms with Gasteiger partial charge in [0.15, 0.2) is 5.69 Å². The van der Waals surface area contributed by atoms with E-state index in [1.165, 1.54) is 5.56 Å². The van der Waals surface area contributed by atoms with Gasteiger partial charge in [-0.05, 0) is 54.0 Å². The molecule has 1 fully saturated rings. The minimum absolute atomic E-state index is 0.219. The molecule has 0 spiro atoms. The number of rotatable bonds is 6. The van der Waals surface area contributed by atoms with Gasteiger partial charge in [0.2, 0.25) is 11.5 Å². The second-order valence-corrected chi connectivity index (χ2v) is 10.00. The number of Topliss-reactive ketones (excluding diaryl/α,β-unsaturated/α-hetero) is 1. The molecule has 0 bridgehead atoms. The number of alkyl halides is 3. The lowest BCUT2D eigenvalue weighted by Crippen LogP contribution is -2.33. The molecule has 4 heterocycles. The maximum atomic E-state index is 13.8. The normalized spacial score (nSPS) is 16.0. The summed E-state index contributed by atoms with van der Waals surface area (Å²) in [6, 6.07) is 21.2. The summed E-state index contributed by atoms with van der Waals surface area (Å²) in [5.74, 6) is -0.243. The number of carbonyl (C=O) groups is 1. The van der Waals surface area contributed by atoms with Gasteiger partial charge in [-0.25, -0.2) is 4.98 Å². The standard InChI is InChI=1S/C30H27F3N4O2/c31-30(32,33)28-27(39-29(35-28)37-17-14-23-8-4-5-9-24(23)37)25(38)18-20-10-11-26(34-19-20)36-15-12-22(13-16-36)21-6-2-1-3-7-21/h1-11,19,22H,12-18H2. The van der Waals surface area contributed by atoms with Crippen molar-refractivity contribution in [2.45, 2.75) is 37.8 Å². The molecule has 0 N–H and O–H groups in total. The Bertz CT molecular complexity index is 1460. The Morgan fingerprint density at radius 2 is 1.69 bits per heavy atom. The smallest absolute Gasteiger partial charge is 0.419 e. The van der Waals surface area contributed by atoms with E-state index in [4.69, 9.17) is 4.42 Å². The first-order chi connectivity index (χ1) is 18.9. The Balaban J connectivity index is 1.15. The van der Waals surface area contributed by atoms with Crippen LogP contribution in [0.3, 0.4) is 0 Å². The first-order valence-electron chi connectivity index (χ1n) is 13.1. The zero-order chi connectivity index (χ0) is 27.0. The van der Waals surface area contributed by atoms with Crippen LogP contribution in [0, 0.1) is 0 Å². The van der Waals surface area contributed by atoms with Gasteiger partial charge in [-0.15, -0.1) is 0 Å². The number of piperidine rings is 1. The highest BCUT2D eigenvalue weighted by Gasteiger charge is 2.42. The number of hydrogen-bond donors (Lipinski definition) is 0. The zero-order valence-corrected chi connectivity index (χ0v) is 21.2. The number of aromatic nitrogens is 2. The minimum atomic E-state index is -4.82. The van der Waals surface area contributed by atoms with E-state index in [0.717, 1.165) is 43.0 Å². The van der Waals surface area contributed by atoms with Gasteiger partial charge >= 0.3 is 12.2 Å². The van der Waals surface area contributed by atoms with Crippen molar-refractivity contribution in [1.29, 1.82) is 0 Å². The summed E-state index contributed by atoms with van der Waals surface area (Å²) in [4.78, 5) is 25.0. The number of benzene rings is 2. The summed E-state index contributed by atoms with van der Waals surface area (Å²) >= 11 is 0. The van der Waals surface area contributed by atoms with Gasteiger partial charge in [-0.1, -0.05) is 54.6 Å². The Hall–Kier alpha value is -4.14. The van der Waals surface area contributed by atoms with Crippen molar-refractivity contribution in [3.05, 3.63) is 101 Å². The Morgan fingerprint density at radius 1 is 0.949 bits per heavy atom. The molecule has 0 unspecified atom stereocenters. The van der Waals surface area contributed by atoms with Crippen LogP contribution in [0.1, 0.15) is 51.7 Å². The van der Waals surface area contributed by atoms with Crippen LogP contribution in [0.25, 0.3) is 0 Å². The number of anilines is 3. The maximum Gasteiger partial charge on any atom is 0.437 e. The van der Waals surface area contributed by atoms with Crippen LogP contribution in [0.4, 0.5) is 30.7 Å². The zero-order valence-electron chi connectivity index (χ0n) is 21.2. The summed E-state index contributed by atoms with van der Waals surface area (Å²) in [5, 5.41) is 0. The van der Waals surface area contributed by atoms with Crippen molar-refractivity contribution in [1.82, 2.24) is 9.97 Å². The third-order valence-electron chi connectivity index (χ3n) is 7.52. The third-order valence-corrected chi connectivity index (χ3v) is 7.52. The average Bonchev–Trinajstić information content (AvgIpc) is 3.59. The largest absolute Gasteiger partial charge is 0.437 e. The lowest BCUT2D eigenvalue weighted by Gasteiger charge is -2.33. The van der Waals surface area contributed by atoms with Crippen molar-refractivity contribution in [2.24, 2.45) is 0 Å². The highest BCUT2D eigenvalue weighted by Crippen LogP contribution is 2.39. The molecule has 39 heavy (non-hydrogen) atoms. The second-order valence-electron chi connectivity index (χ2n) is 10.00. The quantitative estimate of drug-likeness (QED) is 0.261. The summed E-state index contributed by atoms with van der Waals surface area (Å²) in [6.45, 7) is 2.15. The van der Waals surface area contributed by atoms with Crippen LogP contribution in [0.5, 0.6) is 0 Å². The van der Waals surface area contributed by atoms with Gasteiger partial charge in [0.1, 0.15) is 5.82 Å². The van der Waals surface area contributed by atoms with Crippen molar-refractivity contribution >= 4 is 23.3 Å². The van der Waals surface area contributed by atoms with Crippen LogP contribution < -0.4 is 9.80 Å². The number of ketones is 1.